The molecule has 1 atom stereocenters. The summed E-state index contributed by atoms with van der Waals surface area (Å²) in [5.41, 5.74) is 4.24. The third-order valence-corrected chi connectivity index (χ3v) is 7.07. The number of rotatable bonds is 3. The third-order valence-electron chi connectivity index (χ3n) is 6.78. The van der Waals surface area contributed by atoms with Crippen LogP contribution in [0.4, 0.5) is 4.39 Å². The van der Waals surface area contributed by atoms with E-state index in [0.717, 1.165) is 79.4 Å². The molecular weight excluding hydrogens is 429 g/mol. The van der Waals surface area contributed by atoms with Gasteiger partial charge in [0.2, 0.25) is 0 Å². The molecule has 2 aromatic carbocycles. The molecule has 7 heteroatoms. The summed E-state index contributed by atoms with van der Waals surface area (Å²) in [7, 11) is 0. The van der Waals surface area contributed by atoms with Crippen LogP contribution in [-0.4, -0.2) is 34.2 Å². The Hall–Kier alpha value is -2.41. The molecular formula is C25H25ClFN3O2. The summed E-state index contributed by atoms with van der Waals surface area (Å²) in [6.45, 7) is 2.29. The van der Waals surface area contributed by atoms with E-state index >= 15 is 0 Å². The molecule has 32 heavy (non-hydrogen) atoms. The first-order valence-electron chi connectivity index (χ1n) is 11.4. The van der Waals surface area contributed by atoms with Crippen molar-refractivity contribution in [3.8, 4) is 5.69 Å². The highest BCUT2D eigenvalue weighted by Crippen LogP contribution is 2.37. The summed E-state index contributed by atoms with van der Waals surface area (Å²) in [5, 5.41) is 6.99. The maximum absolute atomic E-state index is 13.9. The van der Waals surface area contributed by atoms with Crippen LogP contribution in [0.25, 0.3) is 27.5 Å². The largest absolute Gasteiger partial charge is 0.381 e. The van der Waals surface area contributed by atoms with Crippen molar-refractivity contribution in [3.05, 3.63) is 59.1 Å². The Morgan fingerprint density at radius 1 is 0.938 bits per heavy atom. The second kappa shape index (κ2) is 8.18. The van der Waals surface area contributed by atoms with E-state index in [9.17, 15) is 4.39 Å². The van der Waals surface area contributed by atoms with E-state index in [0.29, 0.717) is 5.92 Å². The summed E-state index contributed by atoms with van der Waals surface area (Å²) in [5.74, 6) is -0.0306. The molecule has 0 spiro atoms. The van der Waals surface area contributed by atoms with Crippen LogP contribution in [0.2, 0.25) is 5.02 Å². The van der Waals surface area contributed by atoms with E-state index < -0.39 is 5.82 Å². The molecule has 1 unspecified atom stereocenters. The van der Waals surface area contributed by atoms with Gasteiger partial charge in [0.15, 0.2) is 6.23 Å². The van der Waals surface area contributed by atoms with E-state index in [1.165, 1.54) is 11.8 Å². The molecule has 6 rings (SSSR count). The Labute approximate surface area is 190 Å². The number of hydrogen-bond donors (Lipinski definition) is 0. The predicted molar refractivity (Wildman–Crippen MR) is 123 cm³/mol. The average Bonchev–Trinajstić information content (AvgIpc) is 3.41. The molecule has 2 saturated heterocycles. The summed E-state index contributed by atoms with van der Waals surface area (Å²) < 4.78 is 29.8. The van der Waals surface area contributed by atoms with Gasteiger partial charge in [-0.2, -0.15) is 5.10 Å². The fraction of sp³-hybridized carbons (Fsp3) is 0.400. The van der Waals surface area contributed by atoms with Gasteiger partial charge in [0.1, 0.15) is 5.82 Å². The average molecular weight is 454 g/mol. The lowest BCUT2D eigenvalue weighted by Crippen LogP contribution is -2.18. The van der Waals surface area contributed by atoms with Crippen molar-refractivity contribution in [1.29, 1.82) is 0 Å². The van der Waals surface area contributed by atoms with Gasteiger partial charge in [-0.25, -0.2) is 9.07 Å². The monoisotopic (exact) mass is 453 g/mol. The zero-order valence-electron chi connectivity index (χ0n) is 17.8. The van der Waals surface area contributed by atoms with Gasteiger partial charge in [0, 0.05) is 47.9 Å². The van der Waals surface area contributed by atoms with Crippen LogP contribution in [0.3, 0.4) is 0 Å². The molecule has 166 valence electrons. The molecule has 0 amide bonds. The van der Waals surface area contributed by atoms with Gasteiger partial charge in [0.05, 0.1) is 22.3 Å². The number of halogens is 2. The van der Waals surface area contributed by atoms with Gasteiger partial charge in [-0.3, -0.25) is 0 Å². The Morgan fingerprint density at radius 2 is 1.78 bits per heavy atom. The van der Waals surface area contributed by atoms with E-state index in [1.54, 1.807) is 12.1 Å². The Morgan fingerprint density at radius 3 is 2.56 bits per heavy atom. The fourth-order valence-corrected chi connectivity index (χ4v) is 5.30. The lowest BCUT2D eigenvalue weighted by Gasteiger charge is -2.24. The zero-order chi connectivity index (χ0) is 21.7. The molecule has 5 nitrogen and oxygen atoms in total. The van der Waals surface area contributed by atoms with Crippen LogP contribution in [0, 0.1) is 5.82 Å². The number of aromatic nitrogens is 3. The molecule has 2 aliphatic rings. The smallest absolute Gasteiger partial charge is 0.150 e. The van der Waals surface area contributed by atoms with Gasteiger partial charge >= 0.3 is 0 Å². The topological polar surface area (TPSA) is 41.2 Å². The van der Waals surface area contributed by atoms with Crippen LogP contribution in [0.15, 0.2) is 42.6 Å². The molecule has 4 heterocycles. The van der Waals surface area contributed by atoms with Crippen molar-refractivity contribution in [2.24, 2.45) is 0 Å². The van der Waals surface area contributed by atoms with Gasteiger partial charge in [-0.1, -0.05) is 11.6 Å². The molecule has 0 bridgehead atoms. The summed E-state index contributed by atoms with van der Waals surface area (Å²) in [4.78, 5) is 0. The third kappa shape index (κ3) is 3.41. The minimum absolute atomic E-state index is 0.00773. The van der Waals surface area contributed by atoms with Crippen LogP contribution < -0.4 is 0 Å². The number of nitrogens with zero attached hydrogens (tertiary/aromatic N) is 3. The first kappa shape index (κ1) is 20.2. The van der Waals surface area contributed by atoms with Gasteiger partial charge in [-0.15, -0.1) is 0 Å². The number of fused-ring (bicyclic) bond motifs is 2. The first-order chi connectivity index (χ1) is 15.7. The molecule has 0 radical (unpaired) electrons. The fourth-order valence-electron chi connectivity index (χ4n) is 5.12. The Balaban J connectivity index is 1.55. The molecule has 0 N–H and O–H groups in total. The molecule has 2 fully saturated rings. The van der Waals surface area contributed by atoms with E-state index in [1.807, 2.05) is 10.9 Å². The number of hydrogen-bond acceptors (Lipinski definition) is 3. The van der Waals surface area contributed by atoms with E-state index in [2.05, 4.69) is 27.9 Å². The minimum atomic E-state index is -0.407. The molecule has 4 aromatic rings. The summed E-state index contributed by atoms with van der Waals surface area (Å²) in [6.07, 6.45) is 7.09. The van der Waals surface area contributed by atoms with Crippen LogP contribution >= 0.6 is 11.6 Å². The van der Waals surface area contributed by atoms with Crippen molar-refractivity contribution in [2.45, 2.75) is 44.2 Å². The van der Waals surface area contributed by atoms with E-state index in [4.69, 9.17) is 21.1 Å². The van der Waals surface area contributed by atoms with E-state index in [-0.39, 0.29) is 11.3 Å². The molecule has 2 aliphatic heterocycles. The minimum Gasteiger partial charge on any atom is -0.381 e. The van der Waals surface area contributed by atoms with Gasteiger partial charge in [0.25, 0.3) is 0 Å². The first-order valence-corrected chi connectivity index (χ1v) is 11.7. The Bertz CT molecular complexity index is 1290. The SMILES string of the molecule is Fc1ccc(-n2c(C3CCOCC3)cc3cc4c(cnn4C4CCCCO4)cc32)cc1Cl. The van der Waals surface area contributed by atoms with Crippen LogP contribution in [0.5, 0.6) is 0 Å². The molecule has 2 aromatic heterocycles. The van der Waals surface area contributed by atoms with Crippen molar-refractivity contribution in [3.63, 3.8) is 0 Å². The molecule has 0 aliphatic carbocycles. The maximum atomic E-state index is 13.9. The van der Waals surface area contributed by atoms with Crippen LogP contribution in [-0.2, 0) is 9.47 Å². The highest BCUT2D eigenvalue weighted by molar-refractivity contribution is 6.30. The number of ether oxygens (including phenoxy) is 2. The van der Waals surface area contributed by atoms with Gasteiger partial charge in [-0.05, 0) is 68.5 Å². The van der Waals surface area contributed by atoms with Gasteiger partial charge < -0.3 is 14.0 Å². The summed E-state index contributed by atoms with van der Waals surface area (Å²) in [6, 6.07) is 11.6. The lowest BCUT2D eigenvalue weighted by molar-refractivity contribution is -0.0366. The quantitative estimate of drug-likeness (QED) is 0.362. The van der Waals surface area contributed by atoms with Crippen molar-refractivity contribution in [2.75, 3.05) is 19.8 Å². The highest BCUT2D eigenvalue weighted by atomic mass is 35.5. The second-order valence-electron chi connectivity index (χ2n) is 8.77. The van der Waals surface area contributed by atoms with Crippen molar-refractivity contribution in [1.82, 2.24) is 14.3 Å². The summed E-state index contributed by atoms with van der Waals surface area (Å²) >= 11 is 6.17. The Kier molecular flexibility index (Phi) is 5.17. The molecule has 0 saturated carbocycles. The van der Waals surface area contributed by atoms with Crippen LogP contribution in [0.1, 0.15) is 49.9 Å². The van der Waals surface area contributed by atoms with Crippen molar-refractivity contribution < 1.29 is 13.9 Å². The maximum Gasteiger partial charge on any atom is 0.150 e. The highest BCUT2D eigenvalue weighted by Gasteiger charge is 2.24. The lowest BCUT2D eigenvalue weighted by atomic mass is 9.96. The van der Waals surface area contributed by atoms with Crippen molar-refractivity contribution >= 4 is 33.4 Å². The number of benzene rings is 2. The second-order valence-corrected chi connectivity index (χ2v) is 9.18. The zero-order valence-corrected chi connectivity index (χ0v) is 18.5. The standard InChI is InChI=1S/C25H25ClFN3O2/c26-20-14-19(4-5-21(20)27)29-22(16-6-9-31-10-7-16)11-17-12-24-18(13-23(17)29)15-28-30(24)25-3-1-2-8-32-25/h4-5,11-16,25H,1-3,6-10H2. The predicted octanol–water partition coefficient (Wildman–Crippen LogP) is 6.37. The normalized spacial score (nSPS) is 20.4.